The minimum Gasteiger partial charge on any atom is -0.466 e. The van der Waals surface area contributed by atoms with E-state index in [0.29, 0.717) is 15.3 Å². The van der Waals surface area contributed by atoms with Crippen molar-refractivity contribution in [3.63, 3.8) is 0 Å². The molecule has 0 radical (unpaired) electrons. The lowest BCUT2D eigenvalue weighted by molar-refractivity contribution is 0.0546. The highest BCUT2D eigenvalue weighted by molar-refractivity contribution is 9.10. The lowest BCUT2D eigenvalue weighted by Crippen LogP contribution is -2.40. The maximum absolute atomic E-state index is 12.1. The van der Waals surface area contributed by atoms with Crippen LogP contribution in [0.5, 0.6) is 0 Å². The van der Waals surface area contributed by atoms with Crippen LogP contribution in [-0.4, -0.2) is 17.6 Å². The van der Waals surface area contributed by atoms with Gasteiger partial charge in [0.2, 0.25) is 0 Å². The molecule has 3 heterocycles. The summed E-state index contributed by atoms with van der Waals surface area (Å²) in [5, 5.41) is 15.5. The van der Waals surface area contributed by atoms with E-state index < -0.39 is 11.5 Å². The summed E-state index contributed by atoms with van der Waals surface area (Å²) in [5.41, 5.74) is -1.42. The SMILES string of the molecule is O=C(NCC(O)(c1ccco1)c1cccs1)c1ccc(Br)o1. The zero-order valence-electron chi connectivity index (χ0n) is 11.3. The summed E-state index contributed by atoms with van der Waals surface area (Å²) in [4.78, 5) is 12.8. The minimum absolute atomic E-state index is 0.0296. The van der Waals surface area contributed by atoms with Crippen molar-refractivity contribution in [2.75, 3.05) is 6.54 Å². The Morgan fingerprint density at radius 1 is 1.32 bits per heavy atom. The Balaban J connectivity index is 1.81. The second kappa shape index (κ2) is 6.12. The van der Waals surface area contributed by atoms with Crippen LogP contribution in [-0.2, 0) is 5.60 Å². The second-order valence-corrected chi connectivity index (χ2v) is 6.33. The van der Waals surface area contributed by atoms with Crippen molar-refractivity contribution >= 4 is 33.2 Å². The van der Waals surface area contributed by atoms with Crippen molar-refractivity contribution in [3.8, 4) is 0 Å². The monoisotopic (exact) mass is 381 g/mol. The van der Waals surface area contributed by atoms with E-state index in [1.54, 1.807) is 30.3 Å². The molecule has 0 saturated carbocycles. The molecule has 114 valence electrons. The van der Waals surface area contributed by atoms with Crippen LogP contribution in [0, 0.1) is 0 Å². The molecule has 0 aromatic carbocycles. The van der Waals surface area contributed by atoms with Crippen LogP contribution in [0.2, 0.25) is 0 Å². The smallest absolute Gasteiger partial charge is 0.287 e. The fourth-order valence-electron chi connectivity index (χ4n) is 2.06. The third-order valence-electron chi connectivity index (χ3n) is 3.16. The maximum Gasteiger partial charge on any atom is 0.287 e. The number of halogens is 1. The van der Waals surface area contributed by atoms with Gasteiger partial charge < -0.3 is 19.3 Å². The van der Waals surface area contributed by atoms with E-state index >= 15 is 0 Å². The number of thiophene rings is 1. The van der Waals surface area contributed by atoms with E-state index in [-0.39, 0.29) is 12.3 Å². The highest BCUT2D eigenvalue weighted by Gasteiger charge is 2.36. The quantitative estimate of drug-likeness (QED) is 0.710. The molecule has 3 aromatic heterocycles. The molecule has 1 unspecified atom stereocenters. The van der Waals surface area contributed by atoms with Crippen molar-refractivity contribution in [1.29, 1.82) is 0 Å². The third-order valence-corrected chi connectivity index (χ3v) is 4.61. The number of carbonyl (C=O) groups excluding carboxylic acids is 1. The normalized spacial score (nSPS) is 13.7. The Hall–Kier alpha value is -1.83. The number of hydrogen-bond acceptors (Lipinski definition) is 5. The second-order valence-electron chi connectivity index (χ2n) is 4.60. The van der Waals surface area contributed by atoms with Gasteiger partial charge in [-0.1, -0.05) is 6.07 Å². The number of aliphatic hydroxyl groups is 1. The first kappa shape index (κ1) is 15.1. The molecule has 3 aromatic rings. The van der Waals surface area contributed by atoms with Gasteiger partial charge in [0.1, 0.15) is 5.76 Å². The van der Waals surface area contributed by atoms with Gasteiger partial charge in [0.05, 0.1) is 12.8 Å². The molecule has 0 aliphatic carbocycles. The maximum atomic E-state index is 12.1. The first-order chi connectivity index (χ1) is 10.6. The average Bonchev–Trinajstić information content (AvgIpc) is 3.24. The first-order valence-corrected chi connectivity index (χ1v) is 8.11. The molecule has 1 atom stereocenters. The van der Waals surface area contributed by atoms with Gasteiger partial charge >= 0.3 is 0 Å². The number of nitrogens with one attached hydrogen (secondary N) is 1. The van der Waals surface area contributed by atoms with E-state index in [1.165, 1.54) is 17.6 Å². The summed E-state index contributed by atoms with van der Waals surface area (Å²) in [6.07, 6.45) is 1.49. The molecule has 7 heteroatoms. The van der Waals surface area contributed by atoms with Crippen LogP contribution < -0.4 is 5.32 Å². The lowest BCUT2D eigenvalue weighted by Gasteiger charge is -2.25. The fourth-order valence-corrected chi connectivity index (χ4v) is 3.19. The number of hydrogen-bond donors (Lipinski definition) is 2. The lowest BCUT2D eigenvalue weighted by atomic mass is 9.98. The first-order valence-electron chi connectivity index (χ1n) is 6.43. The van der Waals surface area contributed by atoms with E-state index in [0.717, 1.165) is 0 Å². The molecule has 0 bridgehead atoms. The highest BCUT2D eigenvalue weighted by atomic mass is 79.9. The van der Waals surface area contributed by atoms with E-state index in [1.807, 2.05) is 11.4 Å². The van der Waals surface area contributed by atoms with Crippen molar-refractivity contribution in [3.05, 3.63) is 69.1 Å². The predicted molar refractivity (Wildman–Crippen MR) is 84.8 cm³/mol. The molecular weight excluding hydrogens is 370 g/mol. The zero-order chi connectivity index (χ0) is 15.6. The Labute approximate surface area is 138 Å². The Morgan fingerprint density at radius 3 is 2.77 bits per heavy atom. The summed E-state index contributed by atoms with van der Waals surface area (Å²) < 4.78 is 11.0. The van der Waals surface area contributed by atoms with E-state index in [4.69, 9.17) is 8.83 Å². The van der Waals surface area contributed by atoms with Crippen LogP contribution >= 0.6 is 27.3 Å². The molecule has 0 fully saturated rings. The third kappa shape index (κ3) is 2.87. The van der Waals surface area contributed by atoms with Gasteiger partial charge in [0.25, 0.3) is 5.91 Å². The van der Waals surface area contributed by atoms with Gasteiger partial charge in [0.15, 0.2) is 16.0 Å². The van der Waals surface area contributed by atoms with E-state index in [9.17, 15) is 9.90 Å². The molecule has 0 aliphatic rings. The molecule has 3 rings (SSSR count). The Bertz CT molecular complexity index is 714. The standard InChI is InChI=1S/C15H12BrNO4S/c16-13-6-5-10(21-13)14(18)17-9-15(19,11-3-1-7-20-11)12-4-2-8-22-12/h1-8,19H,9H2,(H,17,18). The van der Waals surface area contributed by atoms with Crippen LogP contribution in [0.3, 0.4) is 0 Å². The molecule has 0 saturated heterocycles. The predicted octanol–water partition coefficient (Wildman–Crippen LogP) is 3.36. The number of carbonyl (C=O) groups is 1. The highest BCUT2D eigenvalue weighted by Crippen LogP contribution is 2.32. The summed E-state index contributed by atoms with van der Waals surface area (Å²) in [5.74, 6) is 0.128. The van der Waals surface area contributed by atoms with Crippen molar-refractivity contribution in [1.82, 2.24) is 5.32 Å². The van der Waals surface area contributed by atoms with Gasteiger partial charge in [-0.3, -0.25) is 4.79 Å². The van der Waals surface area contributed by atoms with Gasteiger partial charge in [-0.2, -0.15) is 0 Å². The van der Waals surface area contributed by atoms with Gasteiger partial charge in [-0.15, -0.1) is 11.3 Å². The van der Waals surface area contributed by atoms with Gasteiger partial charge in [-0.05, 0) is 51.6 Å². The number of amides is 1. The number of rotatable bonds is 5. The topological polar surface area (TPSA) is 75.6 Å². The molecular formula is C15H12BrNO4S. The van der Waals surface area contributed by atoms with Crippen LogP contribution in [0.1, 0.15) is 21.2 Å². The minimum atomic E-state index is -1.42. The largest absolute Gasteiger partial charge is 0.466 e. The fraction of sp³-hybridized carbons (Fsp3) is 0.133. The van der Waals surface area contributed by atoms with Crippen LogP contribution in [0.15, 0.2) is 61.5 Å². The molecule has 0 spiro atoms. The van der Waals surface area contributed by atoms with E-state index in [2.05, 4.69) is 21.2 Å². The zero-order valence-corrected chi connectivity index (χ0v) is 13.7. The number of furan rings is 2. The van der Waals surface area contributed by atoms with Crippen molar-refractivity contribution in [2.45, 2.75) is 5.60 Å². The molecule has 22 heavy (non-hydrogen) atoms. The molecule has 0 aliphatic heterocycles. The molecule has 1 amide bonds. The van der Waals surface area contributed by atoms with Gasteiger partial charge in [-0.25, -0.2) is 0 Å². The van der Waals surface area contributed by atoms with Crippen molar-refractivity contribution in [2.24, 2.45) is 0 Å². The summed E-state index contributed by atoms with van der Waals surface area (Å²) in [6.45, 7) is -0.0296. The summed E-state index contributed by atoms with van der Waals surface area (Å²) in [7, 11) is 0. The van der Waals surface area contributed by atoms with Crippen LogP contribution in [0.25, 0.3) is 0 Å². The molecule has 2 N–H and O–H groups in total. The Kier molecular flexibility index (Phi) is 4.19. The van der Waals surface area contributed by atoms with Gasteiger partial charge in [0, 0.05) is 4.88 Å². The Morgan fingerprint density at radius 2 is 2.18 bits per heavy atom. The van der Waals surface area contributed by atoms with Crippen LogP contribution in [0.4, 0.5) is 0 Å². The average molecular weight is 382 g/mol. The summed E-state index contributed by atoms with van der Waals surface area (Å²) >= 11 is 4.53. The molecule has 5 nitrogen and oxygen atoms in total. The summed E-state index contributed by atoms with van der Waals surface area (Å²) in [6, 6.07) is 10.2. The van der Waals surface area contributed by atoms with Crippen molar-refractivity contribution < 1.29 is 18.7 Å².